The van der Waals surface area contributed by atoms with Crippen molar-refractivity contribution in [3.8, 4) is 0 Å². The SMILES string of the molecule is C1CC(N(C2CCC2)C2CCNCC2)C1. The molecule has 15 heavy (non-hydrogen) atoms. The fraction of sp³-hybridized carbons (Fsp3) is 1.00. The maximum absolute atomic E-state index is 3.49. The topological polar surface area (TPSA) is 15.3 Å². The van der Waals surface area contributed by atoms with Crippen LogP contribution in [0.1, 0.15) is 51.4 Å². The molecule has 0 spiro atoms. The lowest BCUT2D eigenvalue weighted by Gasteiger charge is -2.51. The Balaban J connectivity index is 1.64. The van der Waals surface area contributed by atoms with Crippen molar-refractivity contribution >= 4 is 0 Å². The zero-order valence-electron chi connectivity index (χ0n) is 9.75. The number of hydrogen-bond acceptors (Lipinski definition) is 2. The molecule has 0 aromatic rings. The lowest BCUT2D eigenvalue weighted by atomic mass is 9.82. The Kier molecular flexibility index (Phi) is 2.98. The molecule has 0 aromatic heterocycles. The van der Waals surface area contributed by atoms with Crippen molar-refractivity contribution in [1.29, 1.82) is 0 Å². The van der Waals surface area contributed by atoms with Crippen LogP contribution in [-0.2, 0) is 0 Å². The van der Waals surface area contributed by atoms with Crippen LogP contribution in [0.4, 0.5) is 0 Å². The molecule has 2 saturated carbocycles. The summed E-state index contributed by atoms with van der Waals surface area (Å²) in [4.78, 5) is 2.94. The van der Waals surface area contributed by atoms with Crippen molar-refractivity contribution in [2.24, 2.45) is 0 Å². The minimum Gasteiger partial charge on any atom is -0.317 e. The first-order valence-electron chi connectivity index (χ1n) is 6.93. The second-order valence-electron chi connectivity index (χ2n) is 5.60. The fourth-order valence-corrected chi connectivity index (χ4v) is 3.37. The molecule has 1 heterocycles. The van der Waals surface area contributed by atoms with E-state index in [0.717, 1.165) is 18.1 Å². The predicted molar refractivity (Wildman–Crippen MR) is 63.0 cm³/mol. The average molecular weight is 208 g/mol. The van der Waals surface area contributed by atoms with Crippen LogP contribution >= 0.6 is 0 Å². The molecule has 3 rings (SSSR count). The van der Waals surface area contributed by atoms with Crippen LogP contribution < -0.4 is 5.32 Å². The van der Waals surface area contributed by atoms with Crippen molar-refractivity contribution in [2.45, 2.75) is 69.5 Å². The Morgan fingerprint density at radius 1 is 0.667 bits per heavy atom. The molecule has 2 nitrogen and oxygen atoms in total. The van der Waals surface area contributed by atoms with Gasteiger partial charge in [0.05, 0.1) is 0 Å². The smallest absolute Gasteiger partial charge is 0.0125 e. The van der Waals surface area contributed by atoms with E-state index in [9.17, 15) is 0 Å². The molecule has 0 bridgehead atoms. The molecule has 0 unspecified atom stereocenters. The van der Waals surface area contributed by atoms with Gasteiger partial charge in [-0.3, -0.25) is 4.90 Å². The molecule has 1 saturated heterocycles. The van der Waals surface area contributed by atoms with Crippen molar-refractivity contribution in [3.63, 3.8) is 0 Å². The molecule has 0 radical (unpaired) electrons. The van der Waals surface area contributed by atoms with Crippen LogP contribution in [0.3, 0.4) is 0 Å². The molecular formula is C13H24N2. The van der Waals surface area contributed by atoms with E-state index in [1.807, 2.05) is 0 Å². The van der Waals surface area contributed by atoms with Gasteiger partial charge in [-0.05, 0) is 51.6 Å². The van der Waals surface area contributed by atoms with Gasteiger partial charge in [-0.15, -0.1) is 0 Å². The quantitative estimate of drug-likeness (QED) is 0.764. The molecule has 2 heteroatoms. The standard InChI is InChI=1S/C13H24N2/c1-3-11(4-1)15(12-5-2-6-12)13-7-9-14-10-8-13/h11-14H,1-10H2. The van der Waals surface area contributed by atoms with E-state index in [0.29, 0.717) is 0 Å². The number of nitrogens with one attached hydrogen (secondary N) is 1. The van der Waals surface area contributed by atoms with Crippen molar-refractivity contribution in [3.05, 3.63) is 0 Å². The first-order valence-corrected chi connectivity index (χ1v) is 6.93. The molecule has 0 aromatic carbocycles. The Bertz CT molecular complexity index is 189. The van der Waals surface area contributed by atoms with Crippen molar-refractivity contribution < 1.29 is 0 Å². The van der Waals surface area contributed by atoms with Gasteiger partial charge < -0.3 is 5.32 Å². The molecule has 86 valence electrons. The summed E-state index contributed by atoms with van der Waals surface area (Å²) in [5.74, 6) is 0. The Morgan fingerprint density at radius 2 is 1.13 bits per heavy atom. The van der Waals surface area contributed by atoms with Gasteiger partial charge in [0.15, 0.2) is 0 Å². The molecule has 3 fully saturated rings. The number of hydrogen-bond donors (Lipinski definition) is 1. The van der Waals surface area contributed by atoms with Crippen LogP contribution in [0.25, 0.3) is 0 Å². The van der Waals surface area contributed by atoms with E-state index in [1.165, 1.54) is 64.5 Å². The van der Waals surface area contributed by atoms with Crippen LogP contribution in [-0.4, -0.2) is 36.1 Å². The van der Waals surface area contributed by atoms with E-state index in [2.05, 4.69) is 10.2 Å². The van der Waals surface area contributed by atoms with Crippen molar-refractivity contribution in [1.82, 2.24) is 10.2 Å². The van der Waals surface area contributed by atoms with Crippen LogP contribution in [0.2, 0.25) is 0 Å². The predicted octanol–water partition coefficient (Wildman–Crippen LogP) is 2.15. The summed E-state index contributed by atoms with van der Waals surface area (Å²) in [5, 5.41) is 3.49. The fourth-order valence-electron chi connectivity index (χ4n) is 3.37. The van der Waals surface area contributed by atoms with Gasteiger partial charge in [-0.1, -0.05) is 12.8 Å². The van der Waals surface area contributed by atoms with Gasteiger partial charge in [-0.25, -0.2) is 0 Å². The number of rotatable bonds is 3. The highest BCUT2D eigenvalue weighted by Gasteiger charge is 2.37. The lowest BCUT2D eigenvalue weighted by molar-refractivity contribution is -0.00823. The minimum atomic E-state index is 0.918. The molecular weight excluding hydrogens is 184 g/mol. The van der Waals surface area contributed by atoms with Gasteiger partial charge in [0.2, 0.25) is 0 Å². The second-order valence-corrected chi connectivity index (χ2v) is 5.60. The van der Waals surface area contributed by atoms with E-state index in [-0.39, 0.29) is 0 Å². The van der Waals surface area contributed by atoms with Gasteiger partial charge >= 0.3 is 0 Å². The Hall–Kier alpha value is -0.0800. The number of nitrogens with zero attached hydrogens (tertiary/aromatic N) is 1. The summed E-state index contributed by atoms with van der Waals surface area (Å²) in [7, 11) is 0. The maximum atomic E-state index is 3.49. The average Bonchev–Trinajstić information content (AvgIpc) is 2.13. The minimum absolute atomic E-state index is 0.918. The van der Waals surface area contributed by atoms with Gasteiger partial charge in [0.25, 0.3) is 0 Å². The third-order valence-corrected chi connectivity index (χ3v) is 4.72. The Morgan fingerprint density at radius 3 is 1.53 bits per heavy atom. The summed E-state index contributed by atoms with van der Waals surface area (Å²) in [6, 6.07) is 2.86. The highest BCUT2D eigenvalue weighted by molar-refractivity contribution is 4.94. The zero-order chi connectivity index (χ0) is 10.1. The molecule has 0 atom stereocenters. The lowest BCUT2D eigenvalue weighted by Crippen LogP contribution is -2.56. The summed E-state index contributed by atoms with van der Waals surface area (Å²) in [5.41, 5.74) is 0. The van der Waals surface area contributed by atoms with Crippen molar-refractivity contribution in [2.75, 3.05) is 13.1 Å². The van der Waals surface area contributed by atoms with Crippen LogP contribution in [0, 0.1) is 0 Å². The third-order valence-electron chi connectivity index (χ3n) is 4.72. The first-order chi connectivity index (χ1) is 7.45. The van der Waals surface area contributed by atoms with E-state index >= 15 is 0 Å². The third kappa shape index (κ3) is 1.94. The zero-order valence-corrected chi connectivity index (χ0v) is 9.75. The van der Waals surface area contributed by atoms with Crippen LogP contribution in [0.5, 0.6) is 0 Å². The van der Waals surface area contributed by atoms with E-state index in [4.69, 9.17) is 0 Å². The molecule has 1 N–H and O–H groups in total. The summed E-state index contributed by atoms with van der Waals surface area (Å²) >= 11 is 0. The summed E-state index contributed by atoms with van der Waals surface area (Å²) in [6.45, 7) is 2.50. The molecule has 3 aliphatic rings. The first kappa shape index (κ1) is 10.1. The van der Waals surface area contributed by atoms with Gasteiger partial charge in [0, 0.05) is 18.1 Å². The van der Waals surface area contributed by atoms with Gasteiger partial charge in [0.1, 0.15) is 0 Å². The normalized spacial score (nSPS) is 30.2. The summed E-state index contributed by atoms with van der Waals surface area (Å²) in [6.07, 6.45) is 11.7. The monoisotopic (exact) mass is 208 g/mol. The molecule has 2 aliphatic carbocycles. The largest absolute Gasteiger partial charge is 0.317 e. The molecule has 1 aliphatic heterocycles. The van der Waals surface area contributed by atoms with Gasteiger partial charge in [-0.2, -0.15) is 0 Å². The maximum Gasteiger partial charge on any atom is 0.0125 e. The Labute approximate surface area is 93.4 Å². The second kappa shape index (κ2) is 4.42. The van der Waals surface area contributed by atoms with E-state index in [1.54, 1.807) is 0 Å². The highest BCUT2D eigenvalue weighted by atomic mass is 15.2. The van der Waals surface area contributed by atoms with E-state index < -0.39 is 0 Å². The van der Waals surface area contributed by atoms with Crippen LogP contribution in [0.15, 0.2) is 0 Å². The number of piperidine rings is 1. The summed E-state index contributed by atoms with van der Waals surface area (Å²) < 4.78 is 0. The molecule has 0 amide bonds. The highest BCUT2D eigenvalue weighted by Crippen LogP contribution is 2.36.